The van der Waals surface area contributed by atoms with Crippen molar-refractivity contribution in [3.63, 3.8) is 0 Å². The van der Waals surface area contributed by atoms with Crippen LogP contribution in [0.2, 0.25) is 0 Å². The first kappa shape index (κ1) is 8.53. The predicted octanol–water partition coefficient (Wildman–Crippen LogP) is 1.36. The van der Waals surface area contributed by atoms with Crippen molar-refractivity contribution >= 4 is 5.71 Å². The van der Waals surface area contributed by atoms with Crippen LogP contribution in [0.15, 0.2) is 0 Å². The third-order valence-corrected chi connectivity index (χ3v) is 2.19. The summed E-state index contributed by atoms with van der Waals surface area (Å²) in [5, 5.41) is 11.3. The first-order valence-corrected chi connectivity index (χ1v) is 3.80. The van der Waals surface area contributed by atoms with Gasteiger partial charge in [0.25, 0.3) is 6.23 Å². The van der Waals surface area contributed by atoms with Gasteiger partial charge in [-0.3, -0.25) is 0 Å². The average Bonchev–Trinajstić information content (AvgIpc) is 2.03. The minimum atomic E-state index is -0.303. The number of hydrogen-bond acceptors (Lipinski definition) is 2. The van der Waals surface area contributed by atoms with Crippen molar-refractivity contribution in [2.75, 3.05) is 7.11 Å². The highest BCUT2D eigenvalue weighted by Crippen LogP contribution is 2.33. The molecule has 0 saturated carbocycles. The van der Waals surface area contributed by atoms with Crippen molar-refractivity contribution in [1.82, 2.24) is 0 Å². The lowest BCUT2D eigenvalue weighted by atomic mass is 9.89. The Labute approximate surface area is 67.3 Å². The topological polar surface area (TPSA) is 35.3 Å². The van der Waals surface area contributed by atoms with Crippen molar-refractivity contribution in [3.05, 3.63) is 5.21 Å². The van der Waals surface area contributed by atoms with E-state index in [1.54, 1.807) is 7.11 Å². The van der Waals surface area contributed by atoms with E-state index in [2.05, 4.69) is 0 Å². The second kappa shape index (κ2) is 2.48. The first-order chi connectivity index (χ1) is 4.99. The Hall–Kier alpha value is -0.570. The monoisotopic (exact) mass is 157 g/mol. The third-order valence-electron chi connectivity index (χ3n) is 2.19. The van der Waals surface area contributed by atoms with Crippen molar-refractivity contribution < 1.29 is 9.48 Å². The fourth-order valence-corrected chi connectivity index (χ4v) is 1.76. The summed E-state index contributed by atoms with van der Waals surface area (Å²) >= 11 is 0. The van der Waals surface area contributed by atoms with Gasteiger partial charge in [0, 0.05) is 20.5 Å². The molecule has 3 nitrogen and oxygen atoms in total. The Balaban J connectivity index is 2.87. The van der Waals surface area contributed by atoms with E-state index in [-0.39, 0.29) is 11.6 Å². The zero-order chi connectivity index (χ0) is 8.65. The Morgan fingerprint density at radius 2 is 2.18 bits per heavy atom. The number of hydrogen-bond donors (Lipinski definition) is 0. The number of methoxy groups -OCH3 is 1. The van der Waals surface area contributed by atoms with Crippen LogP contribution in [0, 0.1) is 10.6 Å². The molecule has 1 unspecified atom stereocenters. The highest BCUT2D eigenvalue weighted by atomic mass is 16.6. The molecule has 3 heteroatoms. The van der Waals surface area contributed by atoms with Crippen LogP contribution in [-0.2, 0) is 4.74 Å². The summed E-state index contributed by atoms with van der Waals surface area (Å²) in [6, 6.07) is 0. The molecule has 0 aromatic carbocycles. The van der Waals surface area contributed by atoms with Crippen molar-refractivity contribution in [3.8, 4) is 0 Å². The van der Waals surface area contributed by atoms with Gasteiger partial charge < -0.3 is 9.94 Å². The van der Waals surface area contributed by atoms with E-state index in [9.17, 15) is 5.21 Å². The van der Waals surface area contributed by atoms with Gasteiger partial charge in [-0.15, -0.1) is 0 Å². The summed E-state index contributed by atoms with van der Waals surface area (Å²) in [6.07, 6.45) is 0.525. The zero-order valence-electron chi connectivity index (χ0n) is 7.55. The molecular weight excluding hydrogens is 142 g/mol. The molecule has 1 aliphatic rings. The number of hydroxylamine groups is 1. The molecule has 1 heterocycles. The van der Waals surface area contributed by atoms with Crippen molar-refractivity contribution in [2.45, 2.75) is 33.4 Å². The van der Waals surface area contributed by atoms with Crippen LogP contribution >= 0.6 is 0 Å². The van der Waals surface area contributed by atoms with Gasteiger partial charge in [0.15, 0.2) is 5.71 Å². The van der Waals surface area contributed by atoms with Gasteiger partial charge >= 0.3 is 0 Å². The minimum absolute atomic E-state index is 0.0411. The van der Waals surface area contributed by atoms with Crippen LogP contribution in [0.25, 0.3) is 0 Å². The maximum atomic E-state index is 11.3. The van der Waals surface area contributed by atoms with Crippen LogP contribution in [0.3, 0.4) is 0 Å². The maximum Gasteiger partial charge on any atom is 0.272 e. The summed E-state index contributed by atoms with van der Waals surface area (Å²) in [6.45, 7) is 5.94. The number of nitrogens with zero attached hydrogens (tertiary/aromatic N) is 1. The van der Waals surface area contributed by atoms with E-state index >= 15 is 0 Å². The van der Waals surface area contributed by atoms with E-state index in [1.807, 2.05) is 20.8 Å². The molecule has 11 heavy (non-hydrogen) atoms. The van der Waals surface area contributed by atoms with E-state index in [1.165, 1.54) is 0 Å². The third kappa shape index (κ3) is 1.25. The van der Waals surface area contributed by atoms with E-state index < -0.39 is 0 Å². The maximum absolute atomic E-state index is 11.3. The fourth-order valence-electron chi connectivity index (χ4n) is 1.76. The Bertz CT molecular complexity index is 196. The molecule has 0 amide bonds. The minimum Gasteiger partial charge on any atom is -0.622 e. The summed E-state index contributed by atoms with van der Waals surface area (Å²) in [5.74, 6) is 0. The molecule has 1 aliphatic heterocycles. The molecule has 64 valence electrons. The SMILES string of the molecule is COC1[N+]([O-])=C(C)CC1(C)C. The van der Waals surface area contributed by atoms with E-state index in [4.69, 9.17) is 4.74 Å². The largest absolute Gasteiger partial charge is 0.622 e. The number of ether oxygens (including phenoxy) is 1. The predicted molar refractivity (Wildman–Crippen MR) is 43.5 cm³/mol. The molecule has 0 aromatic heterocycles. The quantitative estimate of drug-likeness (QED) is 0.425. The molecule has 0 fully saturated rings. The van der Waals surface area contributed by atoms with Gasteiger partial charge in [0.1, 0.15) is 0 Å². The van der Waals surface area contributed by atoms with Gasteiger partial charge in [-0.05, 0) is 0 Å². The summed E-state index contributed by atoms with van der Waals surface area (Å²) in [7, 11) is 1.58. The molecule has 0 spiro atoms. The van der Waals surface area contributed by atoms with Crippen molar-refractivity contribution in [2.24, 2.45) is 5.41 Å². The smallest absolute Gasteiger partial charge is 0.272 e. The lowest BCUT2D eigenvalue weighted by molar-refractivity contribution is -0.562. The van der Waals surface area contributed by atoms with Gasteiger partial charge in [-0.2, -0.15) is 4.74 Å². The zero-order valence-corrected chi connectivity index (χ0v) is 7.55. The standard InChI is InChI=1S/C8H15NO2/c1-6-5-8(2,3)7(11-4)9(6)10/h7H,5H2,1-4H3. The van der Waals surface area contributed by atoms with Crippen LogP contribution in [0.1, 0.15) is 27.2 Å². The molecule has 0 bridgehead atoms. The normalized spacial score (nSPS) is 29.6. The van der Waals surface area contributed by atoms with E-state index in [0.717, 1.165) is 16.9 Å². The Morgan fingerprint density at radius 1 is 1.64 bits per heavy atom. The molecule has 1 atom stereocenters. The van der Waals surface area contributed by atoms with Gasteiger partial charge in [-0.1, -0.05) is 13.8 Å². The van der Waals surface area contributed by atoms with Crippen LogP contribution < -0.4 is 0 Å². The molecule has 0 aliphatic carbocycles. The van der Waals surface area contributed by atoms with Crippen molar-refractivity contribution in [1.29, 1.82) is 0 Å². The summed E-state index contributed by atoms with van der Waals surface area (Å²) < 4.78 is 6.07. The Kier molecular flexibility index (Phi) is 1.92. The highest BCUT2D eigenvalue weighted by molar-refractivity contribution is 5.79. The molecule has 0 aromatic rings. The van der Waals surface area contributed by atoms with Gasteiger partial charge in [-0.25, -0.2) is 0 Å². The molecular formula is C8H15NO2. The van der Waals surface area contributed by atoms with Crippen LogP contribution in [-0.4, -0.2) is 23.8 Å². The second-order valence-corrected chi connectivity index (χ2v) is 3.81. The van der Waals surface area contributed by atoms with Crippen LogP contribution in [0.5, 0.6) is 0 Å². The number of rotatable bonds is 1. The fraction of sp³-hybridized carbons (Fsp3) is 0.875. The first-order valence-electron chi connectivity index (χ1n) is 3.80. The van der Waals surface area contributed by atoms with E-state index in [0.29, 0.717) is 0 Å². The summed E-state index contributed by atoms with van der Waals surface area (Å²) in [5.41, 5.74) is 0.822. The van der Waals surface area contributed by atoms with Gasteiger partial charge in [0.2, 0.25) is 0 Å². The molecule has 0 N–H and O–H groups in total. The second-order valence-electron chi connectivity index (χ2n) is 3.81. The Morgan fingerprint density at radius 3 is 2.36 bits per heavy atom. The average molecular weight is 157 g/mol. The summed E-state index contributed by atoms with van der Waals surface area (Å²) in [4.78, 5) is 0. The lowest BCUT2D eigenvalue weighted by Gasteiger charge is -2.22. The lowest BCUT2D eigenvalue weighted by Crippen LogP contribution is -2.32. The molecule has 0 saturated heterocycles. The van der Waals surface area contributed by atoms with Gasteiger partial charge in [0.05, 0.1) is 5.41 Å². The highest BCUT2D eigenvalue weighted by Gasteiger charge is 2.44. The molecule has 1 rings (SSSR count). The van der Waals surface area contributed by atoms with Crippen LogP contribution in [0.4, 0.5) is 0 Å². The molecule has 0 radical (unpaired) electrons.